The Bertz CT molecular complexity index is 674. The second kappa shape index (κ2) is 13.3. The van der Waals surface area contributed by atoms with Gasteiger partial charge in [-0.15, -0.1) is 24.0 Å². The van der Waals surface area contributed by atoms with Crippen LogP contribution in [0, 0.1) is 6.92 Å². The number of rotatable bonds is 9. The molecule has 8 heteroatoms. The molecule has 0 aromatic heterocycles. The van der Waals surface area contributed by atoms with Gasteiger partial charge in [-0.3, -0.25) is 4.90 Å². The first-order valence-corrected chi connectivity index (χ1v) is 10.8. The molecule has 170 valence electrons. The van der Waals surface area contributed by atoms with Crippen molar-refractivity contribution in [2.75, 3.05) is 53.1 Å². The maximum absolute atomic E-state index is 6.05. The van der Waals surface area contributed by atoms with Crippen LogP contribution in [0.15, 0.2) is 23.2 Å². The molecular weight excluding hydrogens is 495 g/mol. The average molecular weight is 532 g/mol. The Morgan fingerprint density at radius 2 is 2.17 bits per heavy atom. The molecule has 7 nitrogen and oxygen atoms in total. The molecule has 0 aliphatic carbocycles. The third kappa shape index (κ3) is 7.55. The number of aryl methyl sites for hydroxylation is 1. The molecule has 2 N–H and O–H groups in total. The standard InChI is InChI=1S/C22H36N4O3.HI/c1-4-23-22(25-14-20-15-26-9-5-6-19(26)16-29-20)24-13-18-8-7-17(2)12-21(18)28-11-10-27-3;/h7-8,12,19-20H,4-6,9-11,13-16H2,1-3H3,(H2,23,24,25);1H. The van der Waals surface area contributed by atoms with Crippen LogP contribution in [0.3, 0.4) is 0 Å². The van der Waals surface area contributed by atoms with Crippen LogP contribution in [0.5, 0.6) is 5.75 Å². The van der Waals surface area contributed by atoms with E-state index in [0.29, 0.717) is 25.8 Å². The van der Waals surface area contributed by atoms with Gasteiger partial charge in [0, 0.05) is 38.3 Å². The molecule has 3 rings (SSSR count). The van der Waals surface area contributed by atoms with Crippen molar-refractivity contribution in [1.82, 2.24) is 15.5 Å². The topological polar surface area (TPSA) is 67.4 Å². The Kier molecular flexibility index (Phi) is 11.2. The number of hydrogen-bond donors (Lipinski definition) is 2. The highest BCUT2D eigenvalue weighted by atomic mass is 127. The van der Waals surface area contributed by atoms with Crippen molar-refractivity contribution < 1.29 is 14.2 Å². The smallest absolute Gasteiger partial charge is 0.191 e. The Hall–Kier alpha value is -1.10. The summed E-state index contributed by atoms with van der Waals surface area (Å²) in [5.41, 5.74) is 2.24. The van der Waals surface area contributed by atoms with E-state index in [4.69, 9.17) is 19.2 Å². The maximum Gasteiger partial charge on any atom is 0.191 e. The minimum absolute atomic E-state index is 0. The summed E-state index contributed by atoms with van der Waals surface area (Å²) >= 11 is 0. The third-order valence-electron chi connectivity index (χ3n) is 5.48. The molecule has 2 unspecified atom stereocenters. The Balaban J connectivity index is 0.00000320. The lowest BCUT2D eigenvalue weighted by Crippen LogP contribution is -2.51. The van der Waals surface area contributed by atoms with Crippen LogP contribution in [0.25, 0.3) is 0 Å². The van der Waals surface area contributed by atoms with Crippen molar-refractivity contribution in [2.24, 2.45) is 4.99 Å². The summed E-state index contributed by atoms with van der Waals surface area (Å²) < 4.78 is 17.0. The van der Waals surface area contributed by atoms with Crippen molar-refractivity contribution in [1.29, 1.82) is 0 Å². The van der Waals surface area contributed by atoms with Crippen molar-refractivity contribution >= 4 is 29.9 Å². The van der Waals surface area contributed by atoms with E-state index in [-0.39, 0.29) is 30.1 Å². The zero-order valence-corrected chi connectivity index (χ0v) is 20.8. The zero-order chi connectivity index (χ0) is 20.5. The molecule has 0 saturated carbocycles. The lowest BCUT2D eigenvalue weighted by atomic mass is 10.1. The van der Waals surface area contributed by atoms with Crippen molar-refractivity contribution in [3.63, 3.8) is 0 Å². The quantitative estimate of drug-likeness (QED) is 0.221. The maximum atomic E-state index is 6.05. The monoisotopic (exact) mass is 532 g/mol. The number of fused-ring (bicyclic) bond motifs is 1. The van der Waals surface area contributed by atoms with Gasteiger partial charge in [-0.05, 0) is 44.9 Å². The molecular formula is C22H37IN4O3. The highest BCUT2D eigenvalue weighted by molar-refractivity contribution is 14.0. The van der Waals surface area contributed by atoms with Crippen LogP contribution in [-0.4, -0.2) is 76.1 Å². The fraction of sp³-hybridized carbons (Fsp3) is 0.682. The summed E-state index contributed by atoms with van der Waals surface area (Å²) in [4.78, 5) is 7.33. The van der Waals surface area contributed by atoms with Gasteiger partial charge < -0.3 is 24.8 Å². The number of morpholine rings is 1. The molecule has 1 aromatic rings. The van der Waals surface area contributed by atoms with E-state index in [1.165, 1.54) is 24.9 Å². The average Bonchev–Trinajstić information content (AvgIpc) is 3.19. The molecule has 2 aliphatic heterocycles. The van der Waals surface area contributed by atoms with Gasteiger partial charge in [-0.1, -0.05) is 12.1 Å². The second-order valence-electron chi connectivity index (χ2n) is 7.77. The van der Waals surface area contributed by atoms with Crippen LogP contribution in [0.2, 0.25) is 0 Å². The minimum Gasteiger partial charge on any atom is -0.491 e. The molecule has 2 fully saturated rings. The number of halogens is 1. The first-order chi connectivity index (χ1) is 14.2. The molecule has 2 atom stereocenters. The summed E-state index contributed by atoms with van der Waals surface area (Å²) in [6, 6.07) is 6.87. The van der Waals surface area contributed by atoms with E-state index in [9.17, 15) is 0 Å². The van der Waals surface area contributed by atoms with Gasteiger partial charge in [0.1, 0.15) is 12.4 Å². The summed E-state index contributed by atoms with van der Waals surface area (Å²) in [5, 5.41) is 6.78. The lowest BCUT2D eigenvalue weighted by Gasteiger charge is -2.35. The van der Waals surface area contributed by atoms with Crippen molar-refractivity contribution in [2.45, 2.75) is 45.4 Å². The van der Waals surface area contributed by atoms with Crippen LogP contribution >= 0.6 is 24.0 Å². The van der Waals surface area contributed by atoms with E-state index in [1.807, 2.05) is 0 Å². The number of nitrogens with one attached hydrogen (secondary N) is 2. The predicted octanol–water partition coefficient (Wildman–Crippen LogP) is 2.56. The van der Waals surface area contributed by atoms with Crippen LogP contribution in [0.4, 0.5) is 0 Å². The number of ether oxygens (including phenoxy) is 3. The highest BCUT2D eigenvalue weighted by Crippen LogP contribution is 2.23. The van der Waals surface area contributed by atoms with Gasteiger partial charge in [0.2, 0.25) is 0 Å². The molecule has 0 radical (unpaired) electrons. The molecule has 2 aliphatic rings. The summed E-state index contributed by atoms with van der Waals surface area (Å²) in [6.45, 7) is 10.4. The molecule has 0 bridgehead atoms. The van der Waals surface area contributed by atoms with Crippen molar-refractivity contribution in [3.05, 3.63) is 29.3 Å². The normalized spacial score (nSPS) is 21.6. The summed E-state index contributed by atoms with van der Waals surface area (Å²) in [7, 11) is 1.68. The number of hydrogen-bond acceptors (Lipinski definition) is 5. The fourth-order valence-electron chi connectivity index (χ4n) is 3.89. The Morgan fingerprint density at radius 1 is 1.30 bits per heavy atom. The molecule has 1 aromatic carbocycles. The molecule has 0 amide bonds. The van der Waals surface area contributed by atoms with Crippen molar-refractivity contribution in [3.8, 4) is 5.75 Å². The largest absolute Gasteiger partial charge is 0.491 e. The van der Waals surface area contributed by atoms with Gasteiger partial charge in [0.15, 0.2) is 5.96 Å². The minimum atomic E-state index is 0. The summed E-state index contributed by atoms with van der Waals surface area (Å²) in [5.74, 6) is 1.68. The van der Waals surface area contributed by atoms with E-state index in [0.717, 1.165) is 43.5 Å². The second-order valence-corrected chi connectivity index (χ2v) is 7.77. The van der Waals surface area contributed by atoms with E-state index in [2.05, 4.69) is 47.6 Å². The number of benzene rings is 1. The molecule has 2 heterocycles. The fourth-order valence-corrected chi connectivity index (χ4v) is 3.89. The Labute approximate surface area is 197 Å². The number of methoxy groups -OCH3 is 1. The predicted molar refractivity (Wildman–Crippen MR) is 131 cm³/mol. The molecule has 2 saturated heterocycles. The number of guanidine groups is 1. The Morgan fingerprint density at radius 3 is 2.97 bits per heavy atom. The van der Waals surface area contributed by atoms with Crippen LogP contribution in [0.1, 0.15) is 30.9 Å². The summed E-state index contributed by atoms with van der Waals surface area (Å²) in [6.07, 6.45) is 2.78. The number of aliphatic imine (C=N–C) groups is 1. The van der Waals surface area contributed by atoms with Gasteiger partial charge in [-0.2, -0.15) is 0 Å². The first-order valence-electron chi connectivity index (χ1n) is 10.8. The molecule has 0 spiro atoms. The van der Waals surface area contributed by atoms with E-state index < -0.39 is 0 Å². The molecule has 30 heavy (non-hydrogen) atoms. The van der Waals surface area contributed by atoms with Gasteiger partial charge >= 0.3 is 0 Å². The SMILES string of the molecule is CCNC(=NCc1ccc(C)cc1OCCOC)NCC1CN2CCCC2CO1.I. The first kappa shape index (κ1) is 25.2. The van der Waals surface area contributed by atoms with Crippen LogP contribution in [-0.2, 0) is 16.0 Å². The third-order valence-corrected chi connectivity index (χ3v) is 5.48. The van der Waals surface area contributed by atoms with Gasteiger partial charge in [0.25, 0.3) is 0 Å². The lowest BCUT2D eigenvalue weighted by molar-refractivity contribution is -0.0453. The zero-order valence-electron chi connectivity index (χ0n) is 18.5. The van der Waals surface area contributed by atoms with E-state index >= 15 is 0 Å². The van der Waals surface area contributed by atoms with Gasteiger partial charge in [0.05, 0.1) is 25.9 Å². The van der Waals surface area contributed by atoms with E-state index in [1.54, 1.807) is 7.11 Å². The number of nitrogens with zero attached hydrogens (tertiary/aromatic N) is 2. The van der Waals surface area contributed by atoms with Gasteiger partial charge in [-0.25, -0.2) is 4.99 Å². The van der Waals surface area contributed by atoms with Crippen LogP contribution < -0.4 is 15.4 Å². The highest BCUT2D eigenvalue weighted by Gasteiger charge is 2.32.